The number of anilines is 2. The summed E-state index contributed by atoms with van der Waals surface area (Å²) in [6.07, 6.45) is 0. The summed E-state index contributed by atoms with van der Waals surface area (Å²) in [7, 11) is 0. The van der Waals surface area contributed by atoms with Gasteiger partial charge in [-0.05, 0) is 22.4 Å². The van der Waals surface area contributed by atoms with Crippen molar-refractivity contribution in [2.75, 3.05) is 5.32 Å². The van der Waals surface area contributed by atoms with E-state index in [0.29, 0.717) is 17.1 Å². The molecule has 0 radical (unpaired) electrons. The highest BCUT2D eigenvalue weighted by Gasteiger charge is 2.24. The highest BCUT2D eigenvalue weighted by Crippen LogP contribution is 2.34. The molecule has 9 nitrogen and oxygen atoms in total. The van der Waals surface area contributed by atoms with Crippen molar-refractivity contribution in [1.82, 2.24) is 15.5 Å². The van der Waals surface area contributed by atoms with E-state index < -0.39 is 4.92 Å². The third kappa shape index (κ3) is 2.36. The monoisotopic (exact) mass is 303 g/mol. The van der Waals surface area contributed by atoms with Crippen LogP contribution in [0.15, 0.2) is 27.4 Å². The average Bonchev–Trinajstić information content (AvgIpc) is 3.05. The van der Waals surface area contributed by atoms with Crippen LogP contribution in [-0.4, -0.2) is 20.4 Å². The zero-order valence-electron chi connectivity index (χ0n) is 12.2. The maximum atomic E-state index is 11.3. The molecule has 1 aromatic carbocycles. The van der Waals surface area contributed by atoms with Gasteiger partial charge in [0.2, 0.25) is 5.52 Å². The quantitative estimate of drug-likeness (QED) is 0.578. The minimum atomic E-state index is -0.542. The lowest BCUT2D eigenvalue weighted by molar-refractivity contribution is -0.382. The summed E-state index contributed by atoms with van der Waals surface area (Å²) in [5.74, 6) is 1.05. The maximum Gasteiger partial charge on any atom is 0.323 e. The number of rotatable bonds is 3. The van der Waals surface area contributed by atoms with E-state index in [1.165, 1.54) is 6.07 Å². The molecular weight excluding hydrogens is 290 g/mol. The first-order valence-corrected chi connectivity index (χ1v) is 6.50. The molecule has 0 fully saturated rings. The zero-order valence-corrected chi connectivity index (χ0v) is 12.2. The Balaban J connectivity index is 2.02. The van der Waals surface area contributed by atoms with E-state index >= 15 is 0 Å². The number of aromatic nitrogens is 3. The average molecular weight is 303 g/mol. The normalized spacial score (nSPS) is 11.8. The predicted molar refractivity (Wildman–Crippen MR) is 76.9 cm³/mol. The molecule has 3 aromatic rings. The molecule has 114 valence electrons. The molecule has 0 atom stereocenters. The molecule has 0 aliphatic heterocycles. The van der Waals surface area contributed by atoms with Crippen LogP contribution in [0.25, 0.3) is 11.0 Å². The van der Waals surface area contributed by atoms with Crippen molar-refractivity contribution in [3.05, 3.63) is 34.1 Å². The lowest BCUT2D eigenvalue weighted by atomic mass is 9.93. The smallest absolute Gasteiger partial charge is 0.323 e. The van der Waals surface area contributed by atoms with Gasteiger partial charge in [0.1, 0.15) is 17.0 Å². The van der Waals surface area contributed by atoms with Gasteiger partial charge in [0.15, 0.2) is 5.82 Å². The Bertz CT molecular complexity index is 846. The topological polar surface area (TPSA) is 120 Å². The van der Waals surface area contributed by atoms with E-state index in [4.69, 9.17) is 4.52 Å². The van der Waals surface area contributed by atoms with E-state index in [-0.39, 0.29) is 22.3 Å². The van der Waals surface area contributed by atoms with E-state index in [1.807, 2.05) is 20.8 Å². The Hall–Kier alpha value is -2.97. The first kappa shape index (κ1) is 14.0. The first-order chi connectivity index (χ1) is 10.4. The van der Waals surface area contributed by atoms with Crippen LogP contribution in [0.5, 0.6) is 0 Å². The largest absolute Gasteiger partial charge is 0.359 e. The van der Waals surface area contributed by atoms with Gasteiger partial charge in [0.25, 0.3) is 0 Å². The number of hydrogen-bond donors (Lipinski definition) is 1. The molecule has 1 N–H and O–H groups in total. The molecule has 2 aromatic heterocycles. The minimum Gasteiger partial charge on any atom is -0.359 e. The van der Waals surface area contributed by atoms with Crippen molar-refractivity contribution in [2.24, 2.45) is 0 Å². The molecule has 2 heterocycles. The Morgan fingerprint density at radius 2 is 2.00 bits per heavy atom. The van der Waals surface area contributed by atoms with Crippen molar-refractivity contribution < 1.29 is 14.1 Å². The van der Waals surface area contributed by atoms with Gasteiger partial charge < -0.3 is 9.84 Å². The molecule has 22 heavy (non-hydrogen) atoms. The van der Waals surface area contributed by atoms with Gasteiger partial charge >= 0.3 is 5.69 Å². The molecule has 0 saturated carbocycles. The summed E-state index contributed by atoms with van der Waals surface area (Å²) in [6.45, 7) is 5.94. The van der Waals surface area contributed by atoms with Crippen molar-refractivity contribution in [2.45, 2.75) is 26.2 Å². The summed E-state index contributed by atoms with van der Waals surface area (Å²) in [4.78, 5) is 10.8. The lowest BCUT2D eigenvalue weighted by Gasteiger charge is -2.12. The summed E-state index contributed by atoms with van der Waals surface area (Å²) in [5, 5.41) is 25.2. The number of fused-ring (bicyclic) bond motifs is 1. The first-order valence-electron chi connectivity index (χ1n) is 6.50. The molecule has 0 spiro atoms. The molecule has 0 aliphatic carbocycles. The van der Waals surface area contributed by atoms with Crippen LogP contribution in [0.2, 0.25) is 0 Å². The second-order valence-electron chi connectivity index (χ2n) is 5.80. The van der Waals surface area contributed by atoms with Gasteiger partial charge in [-0.2, -0.15) is 0 Å². The molecular formula is C13H13N5O4. The van der Waals surface area contributed by atoms with Gasteiger partial charge in [0, 0.05) is 11.5 Å². The van der Waals surface area contributed by atoms with Gasteiger partial charge in [-0.3, -0.25) is 10.1 Å². The number of nitro benzene ring substituents is 1. The van der Waals surface area contributed by atoms with Crippen LogP contribution < -0.4 is 5.32 Å². The molecule has 0 aliphatic rings. The van der Waals surface area contributed by atoms with E-state index in [1.54, 1.807) is 12.1 Å². The highest BCUT2D eigenvalue weighted by molar-refractivity contribution is 5.91. The van der Waals surface area contributed by atoms with Crippen LogP contribution in [-0.2, 0) is 5.41 Å². The molecule has 0 unspecified atom stereocenters. The van der Waals surface area contributed by atoms with Crippen molar-refractivity contribution in [1.29, 1.82) is 0 Å². The summed E-state index contributed by atoms with van der Waals surface area (Å²) in [5.41, 5.74) is 0.196. The van der Waals surface area contributed by atoms with Gasteiger partial charge in [0.05, 0.1) is 4.92 Å². The van der Waals surface area contributed by atoms with Crippen LogP contribution >= 0.6 is 0 Å². The summed E-state index contributed by atoms with van der Waals surface area (Å²) < 4.78 is 9.79. The van der Waals surface area contributed by atoms with Crippen LogP contribution in [0.4, 0.5) is 17.2 Å². The van der Waals surface area contributed by atoms with Crippen molar-refractivity contribution in [3.8, 4) is 0 Å². The maximum absolute atomic E-state index is 11.3. The lowest BCUT2D eigenvalue weighted by Crippen LogP contribution is -2.09. The fraction of sp³-hybridized carbons (Fsp3) is 0.308. The number of hydrogen-bond acceptors (Lipinski definition) is 8. The van der Waals surface area contributed by atoms with Crippen molar-refractivity contribution >= 4 is 28.2 Å². The molecule has 0 bridgehead atoms. The van der Waals surface area contributed by atoms with Crippen molar-refractivity contribution in [3.63, 3.8) is 0 Å². The van der Waals surface area contributed by atoms with Crippen LogP contribution in [0.1, 0.15) is 26.5 Å². The van der Waals surface area contributed by atoms with Gasteiger partial charge in [-0.15, -0.1) is 0 Å². The predicted octanol–water partition coefficient (Wildman–Crippen LogP) is 3.16. The van der Waals surface area contributed by atoms with E-state index in [9.17, 15) is 10.1 Å². The summed E-state index contributed by atoms with van der Waals surface area (Å²) >= 11 is 0. The second kappa shape index (κ2) is 4.79. The number of nitrogens with zero attached hydrogens (tertiary/aromatic N) is 4. The molecule has 0 amide bonds. The standard InChI is InChI=1S/C13H13N5O4/c1-13(2,3)9-6-10(16-21-9)14-8-5-4-7-11(17-22-15-7)12(8)18(19)20/h4-6H,1-3H3,(H,14,16). The van der Waals surface area contributed by atoms with Crippen LogP contribution in [0.3, 0.4) is 0 Å². The number of benzene rings is 1. The third-order valence-electron chi connectivity index (χ3n) is 3.10. The van der Waals surface area contributed by atoms with E-state index in [0.717, 1.165) is 0 Å². The second-order valence-corrected chi connectivity index (χ2v) is 5.80. The van der Waals surface area contributed by atoms with Gasteiger partial charge in [-0.25, -0.2) is 4.63 Å². The zero-order chi connectivity index (χ0) is 15.9. The molecule has 3 rings (SSSR count). The molecule has 0 saturated heterocycles. The minimum absolute atomic E-state index is 0.0783. The van der Waals surface area contributed by atoms with Crippen LogP contribution in [0, 0.1) is 10.1 Å². The highest BCUT2D eigenvalue weighted by atomic mass is 16.6. The Morgan fingerprint density at radius 1 is 1.23 bits per heavy atom. The molecule has 9 heteroatoms. The summed E-state index contributed by atoms with van der Waals surface area (Å²) in [6, 6.07) is 4.80. The number of nitrogens with one attached hydrogen (secondary N) is 1. The van der Waals surface area contributed by atoms with Gasteiger partial charge in [-0.1, -0.05) is 25.9 Å². The fourth-order valence-corrected chi connectivity index (χ4v) is 1.95. The Morgan fingerprint density at radius 3 is 2.64 bits per heavy atom. The Labute approximate surface area is 124 Å². The fourth-order valence-electron chi connectivity index (χ4n) is 1.95. The van der Waals surface area contributed by atoms with E-state index in [2.05, 4.69) is 25.4 Å². The Kier molecular flexibility index (Phi) is 3.05. The SMILES string of the molecule is CC(C)(C)c1cc(Nc2ccc3nonc3c2[N+](=O)[O-])no1. The third-order valence-corrected chi connectivity index (χ3v) is 3.10. The number of nitro groups is 1.